The molecule has 0 saturated heterocycles. The van der Waals surface area contributed by atoms with E-state index in [2.05, 4.69) is 21.7 Å². The first-order valence-electron chi connectivity index (χ1n) is 4.04. The summed E-state index contributed by atoms with van der Waals surface area (Å²) in [6.45, 7) is 2.26. The van der Waals surface area contributed by atoms with Gasteiger partial charge in [0.05, 0.1) is 13.2 Å². The van der Waals surface area contributed by atoms with Crippen molar-refractivity contribution < 1.29 is 9.78 Å². The van der Waals surface area contributed by atoms with Crippen molar-refractivity contribution >= 4 is 6.40 Å². The summed E-state index contributed by atoms with van der Waals surface area (Å²) in [5, 5.41) is 0. The minimum absolute atomic E-state index is 0.458. The number of aliphatic imine (C=N–C) groups is 1. The Hall–Kier alpha value is -0.570. The van der Waals surface area contributed by atoms with Crippen molar-refractivity contribution in [3.8, 4) is 0 Å². The van der Waals surface area contributed by atoms with Crippen LogP contribution in [0.1, 0.15) is 26.2 Å². The molecule has 0 heterocycles. The maximum atomic E-state index is 4.54. The molecule has 0 radical (unpaired) electrons. The fraction of sp³-hybridized carbons (Fsp3) is 0.875. The average Bonchev–Trinajstić information content (AvgIpc) is 2.37. The van der Waals surface area contributed by atoms with E-state index in [0.717, 1.165) is 5.92 Å². The molecule has 0 bridgehead atoms. The highest BCUT2D eigenvalue weighted by atomic mass is 17.2. The maximum absolute atomic E-state index is 4.54. The van der Waals surface area contributed by atoms with Crippen molar-refractivity contribution in [3.63, 3.8) is 0 Å². The van der Waals surface area contributed by atoms with Gasteiger partial charge >= 0.3 is 0 Å². The molecule has 1 aliphatic rings. The summed E-state index contributed by atoms with van der Waals surface area (Å²) in [6.07, 6.45) is 5.05. The summed E-state index contributed by atoms with van der Waals surface area (Å²) < 4.78 is 0. The van der Waals surface area contributed by atoms with Crippen LogP contribution in [-0.4, -0.2) is 19.6 Å². The predicted octanol–water partition coefficient (Wildman–Crippen LogP) is 1.78. The number of hydrogen-bond donors (Lipinski definition) is 0. The van der Waals surface area contributed by atoms with Crippen molar-refractivity contribution in [2.24, 2.45) is 10.9 Å². The van der Waals surface area contributed by atoms with Crippen LogP contribution in [-0.2, 0) is 9.78 Å². The van der Waals surface area contributed by atoms with E-state index in [-0.39, 0.29) is 0 Å². The maximum Gasteiger partial charge on any atom is 0.215 e. The molecule has 1 aliphatic carbocycles. The zero-order valence-electron chi connectivity index (χ0n) is 7.12. The smallest absolute Gasteiger partial charge is 0.215 e. The third kappa shape index (κ3) is 2.89. The first kappa shape index (κ1) is 8.53. The van der Waals surface area contributed by atoms with Crippen molar-refractivity contribution in [3.05, 3.63) is 0 Å². The summed E-state index contributed by atoms with van der Waals surface area (Å²) in [4.78, 5) is 13.1. The van der Waals surface area contributed by atoms with Crippen molar-refractivity contribution in [2.75, 3.05) is 7.11 Å². The van der Waals surface area contributed by atoms with Gasteiger partial charge in [-0.2, -0.15) is 4.89 Å². The van der Waals surface area contributed by atoms with Gasteiger partial charge in [-0.3, -0.25) is 4.99 Å². The van der Waals surface area contributed by atoms with Crippen molar-refractivity contribution in [1.29, 1.82) is 0 Å². The van der Waals surface area contributed by atoms with Crippen LogP contribution in [0.25, 0.3) is 0 Å². The van der Waals surface area contributed by atoms with Crippen LogP contribution in [0.4, 0.5) is 0 Å². The van der Waals surface area contributed by atoms with Crippen molar-refractivity contribution in [1.82, 2.24) is 0 Å². The molecule has 3 heteroatoms. The van der Waals surface area contributed by atoms with Crippen LogP contribution < -0.4 is 0 Å². The second-order valence-corrected chi connectivity index (χ2v) is 3.09. The van der Waals surface area contributed by atoms with E-state index in [1.165, 1.54) is 32.8 Å². The van der Waals surface area contributed by atoms with E-state index in [0.29, 0.717) is 6.04 Å². The summed E-state index contributed by atoms with van der Waals surface area (Å²) in [5.74, 6) is 0.819. The van der Waals surface area contributed by atoms with Gasteiger partial charge in [-0.25, -0.2) is 0 Å². The van der Waals surface area contributed by atoms with Crippen LogP contribution in [0.2, 0.25) is 0 Å². The summed E-state index contributed by atoms with van der Waals surface area (Å²) in [7, 11) is 1.48. The van der Waals surface area contributed by atoms with Crippen LogP contribution in [0.15, 0.2) is 4.99 Å². The Labute approximate surface area is 67.3 Å². The molecular formula is C8H15NO2. The molecule has 0 N–H and O–H groups in total. The molecule has 2 atom stereocenters. The zero-order valence-corrected chi connectivity index (χ0v) is 7.12. The highest BCUT2D eigenvalue weighted by molar-refractivity contribution is 5.45. The number of nitrogens with zero attached hydrogens (tertiary/aromatic N) is 1. The lowest BCUT2D eigenvalue weighted by Crippen LogP contribution is -1.98. The average molecular weight is 157 g/mol. The molecule has 0 aromatic rings. The van der Waals surface area contributed by atoms with Crippen molar-refractivity contribution in [2.45, 2.75) is 32.2 Å². The molecule has 0 aromatic carbocycles. The minimum Gasteiger partial charge on any atom is -0.326 e. The Kier molecular flexibility index (Phi) is 3.36. The SMILES string of the molecule is COO/C=N/[C@@H]1CC[C@H](C)C1. The Bertz CT molecular complexity index is 136. The lowest BCUT2D eigenvalue weighted by Gasteiger charge is -2.00. The quantitative estimate of drug-likeness (QED) is 0.270. The Morgan fingerprint density at radius 2 is 2.27 bits per heavy atom. The lowest BCUT2D eigenvalue weighted by molar-refractivity contribution is -0.188. The van der Waals surface area contributed by atoms with E-state index in [1.807, 2.05) is 0 Å². The Morgan fingerprint density at radius 1 is 1.45 bits per heavy atom. The van der Waals surface area contributed by atoms with E-state index in [1.54, 1.807) is 0 Å². The van der Waals surface area contributed by atoms with Gasteiger partial charge in [-0.1, -0.05) is 6.92 Å². The molecule has 1 saturated carbocycles. The molecule has 0 aliphatic heterocycles. The Morgan fingerprint density at radius 3 is 2.82 bits per heavy atom. The predicted molar refractivity (Wildman–Crippen MR) is 43.4 cm³/mol. The molecule has 1 fully saturated rings. The molecule has 3 nitrogen and oxygen atoms in total. The van der Waals surface area contributed by atoms with Crippen LogP contribution in [0.5, 0.6) is 0 Å². The van der Waals surface area contributed by atoms with Gasteiger partial charge in [0.25, 0.3) is 0 Å². The van der Waals surface area contributed by atoms with Crippen LogP contribution >= 0.6 is 0 Å². The molecule has 0 aromatic heterocycles. The largest absolute Gasteiger partial charge is 0.326 e. The van der Waals surface area contributed by atoms with Gasteiger partial charge in [0.1, 0.15) is 0 Å². The fourth-order valence-corrected chi connectivity index (χ4v) is 1.47. The van der Waals surface area contributed by atoms with Gasteiger partial charge in [0.15, 0.2) is 0 Å². The molecule has 0 unspecified atom stereocenters. The standard InChI is InChI=1S/C8H15NO2/c1-7-3-4-8(5-7)9-6-11-10-2/h6-8H,3-5H2,1-2H3/b9-6+/t7-,8+/m0/s1. The van der Waals surface area contributed by atoms with Gasteiger partial charge in [-0.05, 0) is 25.2 Å². The van der Waals surface area contributed by atoms with E-state index < -0.39 is 0 Å². The summed E-state index contributed by atoms with van der Waals surface area (Å²) in [5.41, 5.74) is 0. The molecule has 11 heavy (non-hydrogen) atoms. The topological polar surface area (TPSA) is 30.8 Å². The Balaban J connectivity index is 2.17. The number of rotatable bonds is 3. The first-order valence-corrected chi connectivity index (χ1v) is 4.04. The first-order chi connectivity index (χ1) is 5.33. The molecule has 0 spiro atoms. The molecular weight excluding hydrogens is 142 g/mol. The molecule has 64 valence electrons. The highest BCUT2D eigenvalue weighted by Gasteiger charge is 2.19. The van der Waals surface area contributed by atoms with E-state index in [4.69, 9.17) is 0 Å². The van der Waals surface area contributed by atoms with E-state index in [9.17, 15) is 0 Å². The zero-order chi connectivity index (χ0) is 8.10. The fourth-order valence-electron chi connectivity index (χ4n) is 1.47. The number of hydrogen-bond acceptors (Lipinski definition) is 3. The third-order valence-electron chi connectivity index (χ3n) is 2.08. The second-order valence-electron chi connectivity index (χ2n) is 3.09. The van der Waals surface area contributed by atoms with Gasteiger partial charge in [0, 0.05) is 0 Å². The summed E-state index contributed by atoms with van der Waals surface area (Å²) >= 11 is 0. The lowest BCUT2D eigenvalue weighted by atomic mass is 10.1. The van der Waals surface area contributed by atoms with E-state index >= 15 is 0 Å². The third-order valence-corrected chi connectivity index (χ3v) is 2.08. The van der Waals surface area contributed by atoms with Gasteiger partial charge < -0.3 is 4.89 Å². The second kappa shape index (κ2) is 4.34. The van der Waals surface area contributed by atoms with Gasteiger partial charge in [0.2, 0.25) is 6.40 Å². The molecule has 1 rings (SSSR count). The van der Waals surface area contributed by atoms with Crippen LogP contribution in [0, 0.1) is 5.92 Å². The molecule has 0 amide bonds. The normalized spacial score (nSPS) is 31.5. The van der Waals surface area contributed by atoms with Gasteiger partial charge in [-0.15, -0.1) is 0 Å². The van der Waals surface area contributed by atoms with Crippen LogP contribution in [0.3, 0.4) is 0 Å². The monoisotopic (exact) mass is 157 g/mol. The summed E-state index contributed by atoms with van der Waals surface area (Å²) in [6, 6.07) is 0.458. The minimum atomic E-state index is 0.458. The highest BCUT2D eigenvalue weighted by Crippen LogP contribution is 2.26.